The molecule has 0 aromatic rings. The first-order valence-electron chi connectivity index (χ1n) is 6.89. The van der Waals surface area contributed by atoms with Gasteiger partial charge >= 0.3 is 5.97 Å². The molecule has 100 valence electrons. The molecule has 0 heterocycles. The molecule has 3 heteroatoms. The van der Waals surface area contributed by atoms with Crippen LogP contribution >= 0.6 is 0 Å². The Morgan fingerprint density at radius 1 is 1.29 bits per heavy atom. The lowest BCUT2D eigenvalue weighted by Gasteiger charge is -2.33. The number of rotatable bonds is 6. The predicted molar refractivity (Wildman–Crippen MR) is 69.9 cm³/mol. The molecule has 0 radical (unpaired) electrons. The zero-order valence-electron chi connectivity index (χ0n) is 11.7. The van der Waals surface area contributed by atoms with E-state index in [0.717, 1.165) is 13.0 Å². The fourth-order valence-electron chi connectivity index (χ4n) is 2.64. The van der Waals surface area contributed by atoms with Gasteiger partial charge in [-0.05, 0) is 38.6 Å². The molecule has 0 aromatic carbocycles. The van der Waals surface area contributed by atoms with Crippen LogP contribution in [0, 0.1) is 5.92 Å². The standard InChI is InChI=1S/C14H27NO2/c1-11(2)9-10-15(12(3)14(16)17-4)13-7-5-6-8-13/h11-13H,5-10H2,1-4H3. The molecule has 3 nitrogen and oxygen atoms in total. The third-order valence-electron chi connectivity index (χ3n) is 3.80. The topological polar surface area (TPSA) is 29.5 Å². The highest BCUT2D eigenvalue weighted by molar-refractivity contribution is 5.75. The minimum Gasteiger partial charge on any atom is -0.468 e. The smallest absolute Gasteiger partial charge is 0.322 e. The van der Waals surface area contributed by atoms with Crippen molar-refractivity contribution in [2.45, 2.75) is 65.0 Å². The van der Waals surface area contributed by atoms with E-state index in [9.17, 15) is 4.79 Å². The lowest BCUT2D eigenvalue weighted by molar-refractivity contribution is -0.147. The van der Waals surface area contributed by atoms with E-state index in [0.29, 0.717) is 12.0 Å². The molecule has 1 aliphatic rings. The maximum atomic E-state index is 11.7. The SMILES string of the molecule is COC(=O)C(C)N(CCC(C)C)C1CCCC1. The van der Waals surface area contributed by atoms with E-state index in [1.54, 1.807) is 0 Å². The van der Waals surface area contributed by atoms with E-state index in [1.165, 1.54) is 32.8 Å². The molecule has 1 rings (SSSR count). The average Bonchev–Trinajstić information content (AvgIpc) is 2.81. The average molecular weight is 241 g/mol. The van der Waals surface area contributed by atoms with Crippen LogP contribution < -0.4 is 0 Å². The summed E-state index contributed by atoms with van der Waals surface area (Å²) in [5.41, 5.74) is 0. The molecule has 1 saturated carbocycles. The summed E-state index contributed by atoms with van der Waals surface area (Å²) in [6.45, 7) is 7.45. The summed E-state index contributed by atoms with van der Waals surface area (Å²) in [6, 6.07) is 0.490. The van der Waals surface area contributed by atoms with Gasteiger partial charge in [0.2, 0.25) is 0 Å². The Hall–Kier alpha value is -0.570. The largest absolute Gasteiger partial charge is 0.468 e. The second-order valence-corrected chi connectivity index (χ2v) is 5.56. The third kappa shape index (κ3) is 4.30. The number of carbonyl (C=O) groups excluding carboxylic acids is 1. The number of nitrogens with zero attached hydrogens (tertiary/aromatic N) is 1. The molecule has 0 bridgehead atoms. The Bertz CT molecular complexity index is 234. The fourth-order valence-corrected chi connectivity index (χ4v) is 2.64. The van der Waals surface area contributed by atoms with E-state index in [4.69, 9.17) is 4.74 Å². The molecule has 0 aromatic heterocycles. The molecule has 1 unspecified atom stereocenters. The number of hydrogen-bond donors (Lipinski definition) is 0. The van der Waals surface area contributed by atoms with Gasteiger partial charge in [0, 0.05) is 6.04 Å². The summed E-state index contributed by atoms with van der Waals surface area (Å²) in [4.78, 5) is 14.1. The van der Waals surface area contributed by atoms with Crippen LogP contribution in [-0.4, -0.2) is 36.6 Å². The first-order chi connectivity index (χ1) is 8.06. The Balaban J connectivity index is 2.59. The Morgan fingerprint density at radius 3 is 2.35 bits per heavy atom. The maximum Gasteiger partial charge on any atom is 0.322 e. The summed E-state index contributed by atoms with van der Waals surface area (Å²) in [7, 11) is 1.48. The van der Waals surface area contributed by atoms with Crippen molar-refractivity contribution >= 4 is 5.97 Å². The van der Waals surface area contributed by atoms with Gasteiger partial charge < -0.3 is 4.74 Å². The predicted octanol–water partition coefficient (Wildman–Crippen LogP) is 2.84. The van der Waals surface area contributed by atoms with Gasteiger partial charge in [-0.3, -0.25) is 9.69 Å². The number of ether oxygens (including phenoxy) is 1. The number of esters is 1. The number of methoxy groups -OCH3 is 1. The Labute approximate surface area is 106 Å². The van der Waals surface area contributed by atoms with E-state index >= 15 is 0 Å². The Morgan fingerprint density at radius 2 is 1.88 bits per heavy atom. The van der Waals surface area contributed by atoms with Crippen LogP contribution in [-0.2, 0) is 9.53 Å². The van der Waals surface area contributed by atoms with E-state index < -0.39 is 0 Å². The quantitative estimate of drug-likeness (QED) is 0.670. The van der Waals surface area contributed by atoms with Crippen molar-refractivity contribution in [2.75, 3.05) is 13.7 Å². The second-order valence-electron chi connectivity index (χ2n) is 5.56. The van der Waals surface area contributed by atoms with Crippen molar-refractivity contribution in [2.24, 2.45) is 5.92 Å². The van der Waals surface area contributed by atoms with Crippen LogP contribution in [0.25, 0.3) is 0 Å². The van der Waals surface area contributed by atoms with Gasteiger partial charge in [-0.25, -0.2) is 0 Å². The van der Waals surface area contributed by atoms with Crippen molar-refractivity contribution in [3.63, 3.8) is 0 Å². The zero-order chi connectivity index (χ0) is 12.8. The van der Waals surface area contributed by atoms with Gasteiger partial charge in [-0.2, -0.15) is 0 Å². The van der Waals surface area contributed by atoms with Crippen LogP contribution in [0.1, 0.15) is 52.9 Å². The van der Waals surface area contributed by atoms with Crippen molar-refractivity contribution < 1.29 is 9.53 Å². The van der Waals surface area contributed by atoms with Crippen LogP contribution in [0.5, 0.6) is 0 Å². The Kier molecular flexibility index (Phi) is 5.96. The van der Waals surface area contributed by atoms with Crippen molar-refractivity contribution in [1.29, 1.82) is 0 Å². The van der Waals surface area contributed by atoms with Crippen molar-refractivity contribution in [3.05, 3.63) is 0 Å². The summed E-state index contributed by atoms with van der Waals surface area (Å²) in [6.07, 6.45) is 6.23. The summed E-state index contributed by atoms with van der Waals surface area (Å²) >= 11 is 0. The van der Waals surface area contributed by atoms with Gasteiger partial charge in [-0.1, -0.05) is 26.7 Å². The molecule has 0 aliphatic heterocycles. The van der Waals surface area contributed by atoms with Gasteiger partial charge in [0.25, 0.3) is 0 Å². The summed E-state index contributed by atoms with van der Waals surface area (Å²) < 4.78 is 4.88. The molecule has 0 N–H and O–H groups in total. The van der Waals surface area contributed by atoms with Crippen LogP contribution in [0.2, 0.25) is 0 Å². The highest BCUT2D eigenvalue weighted by Crippen LogP contribution is 2.26. The molecular weight excluding hydrogens is 214 g/mol. The van der Waals surface area contributed by atoms with E-state index in [1.807, 2.05) is 6.92 Å². The number of hydrogen-bond acceptors (Lipinski definition) is 3. The minimum absolute atomic E-state index is 0.0955. The summed E-state index contributed by atoms with van der Waals surface area (Å²) in [5, 5.41) is 0. The minimum atomic E-state index is -0.0966. The van der Waals surface area contributed by atoms with Gasteiger partial charge in [0.15, 0.2) is 0 Å². The summed E-state index contributed by atoms with van der Waals surface area (Å²) in [5.74, 6) is 0.587. The van der Waals surface area contributed by atoms with Crippen LogP contribution in [0.15, 0.2) is 0 Å². The lowest BCUT2D eigenvalue weighted by Crippen LogP contribution is -2.46. The van der Waals surface area contributed by atoms with Crippen LogP contribution in [0.4, 0.5) is 0 Å². The van der Waals surface area contributed by atoms with Crippen molar-refractivity contribution in [1.82, 2.24) is 4.90 Å². The van der Waals surface area contributed by atoms with Crippen LogP contribution in [0.3, 0.4) is 0 Å². The van der Waals surface area contributed by atoms with E-state index in [-0.39, 0.29) is 12.0 Å². The molecule has 1 aliphatic carbocycles. The lowest BCUT2D eigenvalue weighted by atomic mass is 10.1. The normalized spacial score (nSPS) is 18.9. The molecule has 1 atom stereocenters. The van der Waals surface area contributed by atoms with Gasteiger partial charge in [0.1, 0.15) is 6.04 Å². The first kappa shape index (κ1) is 14.5. The molecule has 0 saturated heterocycles. The van der Waals surface area contributed by atoms with E-state index in [2.05, 4.69) is 18.7 Å². The highest BCUT2D eigenvalue weighted by Gasteiger charge is 2.30. The van der Waals surface area contributed by atoms with Gasteiger partial charge in [-0.15, -0.1) is 0 Å². The van der Waals surface area contributed by atoms with Crippen molar-refractivity contribution in [3.8, 4) is 0 Å². The highest BCUT2D eigenvalue weighted by atomic mass is 16.5. The molecule has 1 fully saturated rings. The zero-order valence-corrected chi connectivity index (χ0v) is 11.7. The number of carbonyl (C=O) groups is 1. The second kappa shape index (κ2) is 7.00. The van der Waals surface area contributed by atoms with Gasteiger partial charge in [0.05, 0.1) is 7.11 Å². The third-order valence-corrected chi connectivity index (χ3v) is 3.80. The first-order valence-corrected chi connectivity index (χ1v) is 6.89. The fraction of sp³-hybridized carbons (Fsp3) is 0.929. The molecule has 17 heavy (non-hydrogen) atoms. The monoisotopic (exact) mass is 241 g/mol. The maximum absolute atomic E-state index is 11.7. The molecular formula is C14H27NO2. The molecule has 0 amide bonds. The molecule has 0 spiro atoms.